The minimum absolute atomic E-state index is 0.0171. The monoisotopic (exact) mass is 525 g/mol. The first kappa shape index (κ1) is 36.1. The van der Waals surface area contributed by atoms with Gasteiger partial charge in [-0.1, -0.05) is 148 Å². The molecule has 0 aromatic carbocycles. The Morgan fingerprint density at radius 3 is 1.57 bits per heavy atom. The molecule has 4 N–H and O–H groups in total. The van der Waals surface area contributed by atoms with Gasteiger partial charge in [0, 0.05) is 0 Å². The van der Waals surface area contributed by atoms with Gasteiger partial charge in [0.05, 0.1) is 31.3 Å². The molecule has 0 spiro atoms. The fourth-order valence-electron chi connectivity index (χ4n) is 4.81. The van der Waals surface area contributed by atoms with Crippen LogP contribution in [0, 0.1) is 0 Å². The van der Waals surface area contributed by atoms with Gasteiger partial charge in [-0.15, -0.1) is 0 Å². The molecular weight excluding hydrogens is 462 g/mol. The number of hydrogen-bond acceptors (Lipinski definition) is 4. The summed E-state index contributed by atoms with van der Waals surface area (Å²) in [6, 6.07) is -0.735. The van der Waals surface area contributed by atoms with E-state index in [0.717, 1.165) is 25.7 Å². The van der Waals surface area contributed by atoms with E-state index >= 15 is 0 Å². The molecule has 0 radical (unpaired) electrons. The van der Waals surface area contributed by atoms with E-state index in [9.17, 15) is 20.1 Å². The number of aliphatic hydroxyl groups is 3. The number of amides is 1. The van der Waals surface area contributed by atoms with E-state index in [0.29, 0.717) is 6.42 Å². The van der Waals surface area contributed by atoms with Crippen molar-refractivity contribution in [2.45, 2.75) is 180 Å². The second kappa shape index (κ2) is 28.1. The number of hydrogen-bond donors (Lipinski definition) is 4. The Hall–Kier alpha value is -0.910. The average molecular weight is 526 g/mol. The molecule has 0 saturated heterocycles. The van der Waals surface area contributed by atoms with E-state index < -0.39 is 18.2 Å². The maximum absolute atomic E-state index is 12.3. The van der Waals surface area contributed by atoms with Crippen LogP contribution < -0.4 is 5.32 Å². The lowest BCUT2D eigenvalue weighted by Crippen LogP contribution is -2.45. The summed E-state index contributed by atoms with van der Waals surface area (Å²) < 4.78 is 0. The van der Waals surface area contributed by atoms with Gasteiger partial charge in [-0.2, -0.15) is 0 Å². The van der Waals surface area contributed by atoms with Crippen LogP contribution in [0.1, 0.15) is 162 Å². The van der Waals surface area contributed by atoms with Crippen LogP contribution >= 0.6 is 0 Å². The van der Waals surface area contributed by atoms with Crippen LogP contribution in [0.2, 0.25) is 0 Å². The number of carbonyl (C=O) groups is 1. The Labute approximate surface area is 229 Å². The molecule has 5 nitrogen and oxygen atoms in total. The van der Waals surface area contributed by atoms with Crippen molar-refractivity contribution in [1.29, 1.82) is 0 Å². The molecule has 0 aliphatic carbocycles. The Balaban J connectivity index is 3.78. The lowest BCUT2D eigenvalue weighted by Gasteiger charge is -2.21. The molecule has 0 aromatic rings. The van der Waals surface area contributed by atoms with Gasteiger partial charge >= 0.3 is 0 Å². The van der Waals surface area contributed by atoms with Crippen LogP contribution in [0.3, 0.4) is 0 Å². The number of carbonyl (C=O) groups excluding carboxylic acids is 1. The van der Waals surface area contributed by atoms with Crippen molar-refractivity contribution in [3.8, 4) is 0 Å². The predicted molar refractivity (Wildman–Crippen MR) is 158 cm³/mol. The Morgan fingerprint density at radius 2 is 1.11 bits per heavy atom. The van der Waals surface area contributed by atoms with Gasteiger partial charge in [0.25, 0.3) is 0 Å². The van der Waals surface area contributed by atoms with Crippen LogP contribution in [-0.2, 0) is 4.79 Å². The van der Waals surface area contributed by atoms with E-state index in [4.69, 9.17) is 0 Å². The summed E-state index contributed by atoms with van der Waals surface area (Å²) in [5, 5.41) is 32.8. The maximum atomic E-state index is 12.3. The van der Waals surface area contributed by atoms with Gasteiger partial charge in [0.2, 0.25) is 5.91 Å². The van der Waals surface area contributed by atoms with Crippen molar-refractivity contribution >= 4 is 5.91 Å². The topological polar surface area (TPSA) is 89.8 Å². The molecule has 0 aliphatic heterocycles. The van der Waals surface area contributed by atoms with Crippen molar-refractivity contribution in [2.24, 2.45) is 0 Å². The molecule has 3 atom stereocenters. The minimum atomic E-state index is -0.920. The van der Waals surface area contributed by atoms with Crippen molar-refractivity contribution in [3.63, 3.8) is 0 Å². The highest BCUT2D eigenvalue weighted by molar-refractivity contribution is 5.76. The highest BCUT2D eigenvalue weighted by atomic mass is 16.3. The van der Waals surface area contributed by atoms with Crippen LogP contribution in [-0.4, -0.2) is 46.1 Å². The number of rotatable bonds is 28. The lowest BCUT2D eigenvalue weighted by atomic mass is 10.0. The number of unbranched alkanes of at least 4 members (excludes halogenated alkanes) is 19. The van der Waals surface area contributed by atoms with E-state index in [1.54, 1.807) is 6.08 Å². The van der Waals surface area contributed by atoms with Gasteiger partial charge in [-0.25, -0.2) is 0 Å². The van der Waals surface area contributed by atoms with Crippen molar-refractivity contribution in [1.82, 2.24) is 5.32 Å². The average Bonchev–Trinajstić information content (AvgIpc) is 2.88. The zero-order valence-corrected chi connectivity index (χ0v) is 24.6. The molecule has 5 heteroatoms. The first-order valence-electron chi connectivity index (χ1n) is 16.0. The number of aliphatic hydroxyl groups excluding tert-OH is 3. The van der Waals surface area contributed by atoms with Crippen LogP contribution in [0.25, 0.3) is 0 Å². The normalized spacial score (nSPS) is 14.2. The Morgan fingerprint density at radius 1 is 0.676 bits per heavy atom. The summed E-state index contributed by atoms with van der Waals surface area (Å²) in [4.78, 5) is 12.3. The molecule has 0 bridgehead atoms. The van der Waals surface area contributed by atoms with E-state index in [-0.39, 0.29) is 18.9 Å². The molecule has 0 aromatic heterocycles. The molecule has 220 valence electrons. The summed E-state index contributed by atoms with van der Waals surface area (Å²) >= 11 is 0. The van der Waals surface area contributed by atoms with Gasteiger partial charge in [-0.3, -0.25) is 4.79 Å². The van der Waals surface area contributed by atoms with Gasteiger partial charge in [0.1, 0.15) is 0 Å². The van der Waals surface area contributed by atoms with Gasteiger partial charge < -0.3 is 20.6 Å². The summed E-state index contributed by atoms with van der Waals surface area (Å²) in [5.41, 5.74) is 0. The van der Waals surface area contributed by atoms with Gasteiger partial charge in [-0.05, 0) is 19.3 Å². The zero-order chi connectivity index (χ0) is 27.4. The lowest BCUT2D eigenvalue weighted by molar-refractivity contribution is -0.124. The standard InChI is InChI=1S/C32H63NO4/c1-3-5-7-9-11-13-15-16-17-19-21-23-25-29(35)27-32(37)33-30(28-34)31(36)26-24-22-20-18-14-12-10-8-6-4-2/h24,26,29-31,34-36H,3-23,25,27-28H2,1-2H3,(H,33,37)/b26-24+. The van der Waals surface area contributed by atoms with Crippen LogP contribution in [0.5, 0.6) is 0 Å². The molecule has 1 amide bonds. The molecule has 3 unspecified atom stereocenters. The first-order valence-corrected chi connectivity index (χ1v) is 16.0. The van der Waals surface area contributed by atoms with E-state index in [1.807, 2.05) is 6.08 Å². The third-order valence-electron chi connectivity index (χ3n) is 7.32. The molecule has 0 fully saturated rings. The fraction of sp³-hybridized carbons (Fsp3) is 0.906. The Bertz CT molecular complexity index is 511. The van der Waals surface area contributed by atoms with Crippen LogP contribution in [0.15, 0.2) is 12.2 Å². The van der Waals surface area contributed by atoms with Crippen molar-refractivity contribution < 1.29 is 20.1 Å². The van der Waals surface area contributed by atoms with E-state index in [1.165, 1.54) is 109 Å². The quantitative estimate of drug-likeness (QED) is 0.0621. The maximum Gasteiger partial charge on any atom is 0.222 e. The summed E-state index contributed by atoms with van der Waals surface area (Å²) in [5.74, 6) is -0.319. The highest BCUT2D eigenvalue weighted by Gasteiger charge is 2.20. The van der Waals surface area contributed by atoms with Crippen molar-refractivity contribution in [2.75, 3.05) is 6.61 Å². The third kappa shape index (κ3) is 25.1. The smallest absolute Gasteiger partial charge is 0.222 e. The minimum Gasteiger partial charge on any atom is -0.394 e. The summed E-state index contributed by atoms with van der Waals surface area (Å²) in [6.07, 6.45) is 29.0. The second-order valence-corrected chi connectivity index (χ2v) is 11.1. The summed E-state index contributed by atoms with van der Waals surface area (Å²) in [6.45, 7) is 4.16. The molecule has 0 aliphatic rings. The zero-order valence-electron chi connectivity index (χ0n) is 24.6. The highest BCUT2D eigenvalue weighted by Crippen LogP contribution is 2.14. The number of nitrogens with one attached hydrogen (secondary N) is 1. The SMILES string of the molecule is CCCCCCCCCC/C=C/C(O)C(CO)NC(=O)CC(O)CCCCCCCCCCCCCC. The molecule has 0 saturated carbocycles. The Kier molecular flexibility index (Phi) is 27.4. The van der Waals surface area contributed by atoms with Gasteiger partial charge in [0.15, 0.2) is 0 Å². The predicted octanol–water partition coefficient (Wildman–Crippen LogP) is 7.75. The first-order chi connectivity index (χ1) is 18.0. The summed E-state index contributed by atoms with van der Waals surface area (Å²) in [7, 11) is 0. The largest absolute Gasteiger partial charge is 0.394 e. The number of allylic oxidation sites excluding steroid dienone is 1. The molecule has 0 heterocycles. The van der Waals surface area contributed by atoms with E-state index in [2.05, 4.69) is 19.2 Å². The third-order valence-corrected chi connectivity index (χ3v) is 7.32. The van der Waals surface area contributed by atoms with Crippen molar-refractivity contribution in [3.05, 3.63) is 12.2 Å². The molecule has 37 heavy (non-hydrogen) atoms. The molecular formula is C32H63NO4. The van der Waals surface area contributed by atoms with Crippen LogP contribution in [0.4, 0.5) is 0 Å². The fourth-order valence-corrected chi connectivity index (χ4v) is 4.81. The molecule has 0 rings (SSSR count). The second-order valence-electron chi connectivity index (χ2n) is 11.1.